The Labute approximate surface area is 219 Å². The van der Waals surface area contributed by atoms with Gasteiger partial charge >= 0.3 is 0 Å². The number of amides is 1. The second-order valence-corrected chi connectivity index (χ2v) is 9.30. The van der Waals surface area contributed by atoms with Gasteiger partial charge in [0.15, 0.2) is 11.5 Å². The zero-order valence-electron chi connectivity index (χ0n) is 20.9. The van der Waals surface area contributed by atoms with Gasteiger partial charge in [-0.1, -0.05) is 18.2 Å². The fourth-order valence-electron chi connectivity index (χ4n) is 4.99. The molecule has 1 fully saturated rings. The van der Waals surface area contributed by atoms with Crippen LogP contribution in [0.1, 0.15) is 41.6 Å². The fraction of sp³-hybridized carbons (Fsp3) is 0.267. The predicted molar refractivity (Wildman–Crippen MR) is 139 cm³/mol. The summed E-state index contributed by atoms with van der Waals surface area (Å²) in [5.74, 6) is -1.32. The molecule has 3 aromatic rings. The minimum atomic E-state index is -0.914. The molecule has 2 aliphatic heterocycles. The zero-order valence-corrected chi connectivity index (χ0v) is 20.9. The lowest BCUT2D eigenvalue weighted by Gasteiger charge is -2.26. The molecule has 2 N–H and O–H groups in total. The van der Waals surface area contributed by atoms with Crippen molar-refractivity contribution in [3.8, 4) is 17.2 Å². The number of hydrogen-bond donors (Lipinski definition) is 2. The molecular formula is C30H28FNO6. The third kappa shape index (κ3) is 4.81. The van der Waals surface area contributed by atoms with E-state index < -0.39 is 17.7 Å². The summed E-state index contributed by atoms with van der Waals surface area (Å²) in [5.41, 5.74) is 2.60. The highest BCUT2D eigenvalue weighted by molar-refractivity contribution is 6.46. The summed E-state index contributed by atoms with van der Waals surface area (Å²) < 4.78 is 24.6. The number of hydrogen-bond acceptors (Lipinski definition) is 6. The summed E-state index contributed by atoms with van der Waals surface area (Å²) in [6, 6.07) is 14.9. The number of aliphatic hydroxyl groups is 1. The van der Waals surface area contributed by atoms with Crippen LogP contribution in [0.2, 0.25) is 0 Å². The maximum absolute atomic E-state index is 13.4. The van der Waals surface area contributed by atoms with Crippen molar-refractivity contribution in [1.82, 2.24) is 4.90 Å². The highest BCUT2D eigenvalue weighted by atomic mass is 19.1. The van der Waals surface area contributed by atoms with Crippen LogP contribution in [0.3, 0.4) is 0 Å². The summed E-state index contributed by atoms with van der Waals surface area (Å²) in [4.78, 5) is 28.1. The Morgan fingerprint density at radius 2 is 1.89 bits per heavy atom. The molecule has 0 spiro atoms. The number of aromatic hydroxyl groups is 1. The van der Waals surface area contributed by atoms with Gasteiger partial charge < -0.3 is 24.6 Å². The second kappa shape index (κ2) is 10.6. The summed E-state index contributed by atoms with van der Waals surface area (Å²) in [5, 5.41) is 21.7. The third-order valence-corrected chi connectivity index (χ3v) is 6.88. The number of carbonyl (C=O) groups is 2. The number of phenolic OH excluding ortho intramolecular Hbond substituents is 1. The third-order valence-electron chi connectivity index (χ3n) is 6.88. The molecular weight excluding hydrogens is 489 g/mol. The van der Waals surface area contributed by atoms with Gasteiger partial charge in [-0.2, -0.15) is 0 Å². The van der Waals surface area contributed by atoms with Crippen LogP contribution < -0.4 is 9.47 Å². The Kier molecular flexibility index (Phi) is 7.05. The molecule has 0 aromatic heterocycles. The van der Waals surface area contributed by atoms with Crippen LogP contribution in [0.15, 0.2) is 66.2 Å². The average Bonchev–Trinajstić information content (AvgIpc) is 3.18. The number of Topliss-reactive ketones (excluding diaryl/α,β-unsaturated/α-hetero) is 1. The predicted octanol–water partition coefficient (Wildman–Crippen LogP) is 4.92. The molecule has 2 aliphatic rings. The number of rotatable bonds is 7. The van der Waals surface area contributed by atoms with Crippen molar-refractivity contribution in [2.24, 2.45) is 0 Å². The molecule has 0 saturated carbocycles. The molecule has 1 amide bonds. The Morgan fingerprint density at radius 3 is 2.66 bits per heavy atom. The van der Waals surface area contributed by atoms with Crippen LogP contribution in [-0.2, 0) is 22.4 Å². The summed E-state index contributed by atoms with van der Waals surface area (Å²) in [7, 11) is 0. The zero-order chi connectivity index (χ0) is 26.8. The normalized spacial score (nSPS) is 18.3. The summed E-state index contributed by atoms with van der Waals surface area (Å²) in [6.45, 7) is 2.86. The van der Waals surface area contributed by atoms with Crippen molar-refractivity contribution in [3.05, 3.63) is 94.3 Å². The minimum Gasteiger partial charge on any atom is -0.507 e. The van der Waals surface area contributed by atoms with E-state index in [1.807, 2.05) is 0 Å². The standard InChI is InChI=1S/C30H28FNO6/c1-2-37-25-17-20(7-11-23(25)33)27-26(28(34)21-8-12-24-19(16-21)4-3-15-38-24)29(35)30(36)32(27)14-13-18-5-9-22(31)10-6-18/h5-12,16-17,27,33-34H,2-4,13-15H2,1H3/b28-26+. The van der Waals surface area contributed by atoms with Gasteiger partial charge in [0.2, 0.25) is 0 Å². The van der Waals surface area contributed by atoms with Crippen molar-refractivity contribution in [2.45, 2.75) is 32.2 Å². The average molecular weight is 518 g/mol. The molecule has 5 rings (SSSR count). The summed E-state index contributed by atoms with van der Waals surface area (Å²) in [6.07, 6.45) is 2.00. The molecule has 38 heavy (non-hydrogen) atoms. The topological polar surface area (TPSA) is 96.3 Å². The van der Waals surface area contributed by atoms with E-state index in [2.05, 4.69) is 0 Å². The van der Waals surface area contributed by atoms with Crippen LogP contribution in [0.5, 0.6) is 17.2 Å². The maximum Gasteiger partial charge on any atom is 0.295 e. The highest BCUT2D eigenvalue weighted by Crippen LogP contribution is 2.42. The van der Waals surface area contributed by atoms with E-state index in [1.54, 1.807) is 49.4 Å². The molecule has 0 aliphatic carbocycles. The molecule has 196 valence electrons. The van der Waals surface area contributed by atoms with Gasteiger partial charge in [-0.05, 0) is 85.3 Å². The second-order valence-electron chi connectivity index (χ2n) is 9.30. The highest BCUT2D eigenvalue weighted by Gasteiger charge is 2.46. The van der Waals surface area contributed by atoms with Crippen LogP contribution in [-0.4, -0.2) is 46.6 Å². The lowest BCUT2D eigenvalue weighted by Crippen LogP contribution is -2.31. The van der Waals surface area contributed by atoms with Crippen molar-refractivity contribution in [1.29, 1.82) is 0 Å². The van der Waals surface area contributed by atoms with E-state index in [9.17, 15) is 24.2 Å². The number of ketones is 1. The number of benzene rings is 3. The number of phenols is 1. The lowest BCUT2D eigenvalue weighted by molar-refractivity contribution is -0.139. The molecule has 1 atom stereocenters. The van der Waals surface area contributed by atoms with Crippen molar-refractivity contribution < 1.29 is 33.7 Å². The molecule has 0 radical (unpaired) electrons. The number of halogens is 1. The Balaban J connectivity index is 1.59. The number of carbonyl (C=O) groups excluding carboxylic acids is 2. The number of nitrogens with zero attached hydrogens (tertiary/aromatic N) is 1. The molecule has 2 heterocycles. The van der Waals surface area contributed by atoms with Gasteiger partial charge in [0.1, 0.15) is 17.3 Å². The summed E-state index contributed by atoms with van der Waals surface area (Å²) >= 11 is 0. The van der Waals surface area contributed by atoms with E-state index in [0.717, 1.165) is 29.7 Å². The number of aliphatic hydroxyl groups excluding tert-OH is 1. The first-order chi connectivity index (χ1) is 18.4. The van der Waals surface area contributed by atoms with Crippen molar-refractivity contribution in [2.75, 3.05) is 19.8 Å². The number of aryl methyl sites for hydroxylation is 1. The van der Waals surface area contributed by atoms with E-state index in [1.165, 1.54) is 23.1 Å². The number of likely N-dealkylation sites (tertiary alicyclic amines) is 1. The van der Waals surface area contributed by atoms with E-state index in [0.29, 0.717) is 30.8 Å². The monoisotopic (exact) mass is 517 g/mol. The van der Waals surface area contributed by atoms with Gasteiger partial charge in [0.25, 0.3) is 11.7 Å². The first kappa shape index (κ1) is 25.3. The number of fused-ring (bicyclic) bond motifs is 1. The number of ether oxygens (including phenoxy) is 2. The van der Waals surface area contributed by atoms with Crippen molar-refractivity contribution in [3.63, 3.8) is 0 Å². The quantitative estimate of drug-likeness (QED) is 0.262. The SMILES string of the molecule is CCOc1cc(C2/C(=C(\O)c3ccc4c(c3)CCCO4)C(=O)C(=O)N2CCc2ccc(F)cc2)ccc1O. The van der Waals surface area contributed by atoms with E-state index in [-0.39, 0.29) is 35.2 Å². The maximum atomic E-state index is 13.4. The Morgan fingerprint density at radius 1 is 1.11 bits per heavy atom. The first-order valence-corrected chi connectivity index (χ1v) is 12.6. The van der Waals surface area contributed by atoms with Crippen molar-refractivity contribution >= 4 is 17.4 Å². The molecule has 0 bridgehead atoms. The van der Waals surface area contributed by atoms with Gasteiger partial charge in [-0.15, -0.1) is 0 Å². The van der Waals surface area contributed by atoms with Crippen LogP contribution >= 0.6 is 0 Å². The van der Waals surface area contributed by atoms with Gasteiger partial charge in [0.05, 0.1) is 24.8 Å². The van der Waals surface area contributed by atoms with Crippen LogP contribution in [0, 0.1) is 5.82 Å². The van der Waals surface area contributed by atoms with Crippen LogP contribution in [0.25, 0.3) is 5.76 Å². The van der Waals surface area contributed by atoms with Gasteiger partial charge in [-0.3, -0.25) is 9.59 Å². The van der Waals surface area contributed by atoms with Gasteiger partial charge in [0, 0.05) is 12.1 Å². The smallest absolute Gasteiger partial charge is 0.295 e. The molecule has 1 unspecified atom stereocenters. The van der Waals surface area contributed by atoms with E-state index in [4.69, 9.17) is 9.47 Å². The largest absolute Gasteiger partial charge is 0.507 e. The Hall–Kier alpha value is -4.33. The first-order valence-electron chi connectivity index (χ1n) is 12.6. The minimum absolute atomic E-state index is 0.0427. The molecule has 8 heteroatoms. The molecule has 3 aromatic carbocycles. The van der Waals surface area contributed by atoms with E-state index >= 15 is 0 Å². The fourth-order valence-corrected chi connectivity index (χ4v) is 4.99. The van der Waals surface area contributed by atoms with Gasteiger partial charge in [-0.25, -0.2) is 4.39 Å². The van der Waals surface area contributed by atoms with Crippen LogP contribution in [0.4, 0.5) is 4.39 Å². The molecule has 1 saturated heterocycles. The lowest BCUT2D eigenvalue weighted by atomic mass is 9.93. The Bertz CT molecular complexity index is 1410. The molecule has 7 nitrogen and oxygen atoms in total.